The van der Waals surface area contributed by atoms with E-state index < -0.39 is 0 Å². The van der Waals surface area contributed by atoms with Gasteiger partial charge in [0.05, 0.1) is 0 Å². The lowest BCUT2D eigenvalue weighted by molar-refractivity contribution is 0.0724. The van der Waals surface area contributed by atoms with Crippen molar-refractivity contribution in [1.29, 1.82) is 0 Å². The molecule has 120 valence electrons. The smallest absolute Gasteiger partial charge is 0.253 e. The van der Waals surface area contributed by atoms with Gasteiger partial charge in [-0.3, -0.25) is 9.59 Å². The molecule has 1 aromatic rings. The molecule has 0 bridgehead atoms. The first-order valence-corrected chi connectivity index (χ1v) is 8.25. The first-order valence-electron chi connectivity index (χ1n) is 8.25. The molecule has 1 aromatic carbocycles. The van der Waals surface area contributed by atoms with Gasteiger partial charge in [-0.05, 0) is 49.8 Å². The van der Waals surface area contributed by atoms with Gasteiger partial charge in [-0.25, -0.2) is 0 Å². The minimum absolute atomic E-state index is 0.0385. The summed E-state index contributed by atoms with van der Waals surface area (Å²) in [5.41, 5.74) is 1.17. The number of benzene rings is 1. The van der Waals surface area contributed by atoms with Crippen LogP contribution in [0, 0.1) is 5.92 Å². The first kappa shape index (κ1) is 16.5. The SMILES string of the molecule is CC(C)CCNC(=O)c1cccc(C(=O)N2CCCCC2)c1. The van der Waals surface area contributed by atoms with E-state index in [1.165, 1.54) is 6.42 Å². The van der Waals surface area contributed by atoms with E-state index in [1.54, 1.807) is 24.3 Å². The van der Waals surface area contributed by atoms with Crippen LogP contribution in [0.15, 0.2) is 24.3 Å². The highest BCUT2D eigenvalue weighted by Crippen LogP contribution is 2.14. The predicted molar refractivity (Wildman–Crippen MR) is 88.0 cm³/mol. The first-order chi connectivity index (χ1) is 10.6. The molecule has 1 heterocycles. The maximum absolute atomic E-state index is 12.5. The van der Waals surface area contributed by atoms with Gasteiger partial charge in [-0.1, -0.05) is 19.9 Å². The Morgan fingerprint density at radius 3 is 2.50 bits per heavy atom. The molecule has 0 unspecified atom stereocenters. The molecule has 0 radical (unpaired) electrons. The van der Waals surface area contributed by atoms with Crippen molar-refractivity contribution in [2.45, 2.75) is 39.5 Å². The Morgan fingerprint density at radius 2 is 1.82 bits per heavy atom. The van der Waals surface area contributed by atoms with Gasteiger partial charge in [-0.15, -0.1) is 0 Å². The van der Waals surface area contributed by atoms with Gasteiger partial charge in [0.1, 0.15) is 0 Å². The number of rotatable bonds is 5. The number of nitrogens with one attached hydrogen (secondary N) is 1. The lowest BCUT2D eigenvalue weighted by atomic mass is 10.1. The normalized spacial score (nSPS) is 15.0. The summed E-state index contributed by atoms with van der Waals surface area (Å²) in [7, 11) is 0. The lowest BCUT2D eigenvalue weighted by Crippen LogP contribution is -2.35. The predicted octanol–water partition coefficient (Wildman–Crippen LogP) is 3.09. The van der Waals surface area contributed by atoms with Crippen molar-refractivity contribution >= 4 is 11.8 Å². The summed E-state index contributed by atoms with van der Waals surface area (Å²) in [4.78, 5) is 26.5. The second-order valence-electron chi connectivity index (χ2n) is 6.37. The van der Waals surface area contributed by atoms with Crippen LogP contribution in [0.25, 0.3) is 0 Å². The monoisotopic (exact) mass is 302 g/mol. The molecule has 0 aliphatic carbocycles. The average Bonchev–Trinajstić information content (AvgIpc) is 2.54. The van der Waals surface area contributed by atoms with Crippen molar-refractivity contribution in [3.8, 4) is 0 Å². The zero-order valence-corrected chi connectivity index (χ0v) is 13.6. The van der Waals surface area contributed by atoms with E-state index in [1.807, 2.05) is 4.90 Å². The van der Waals surface area contributed by atoms with Crippen molar-refractivity contribution in [1.82, 2.24) is 10.2 Å². The van der Waals surface area contributed by atoms with Gasteiger partial charge in [0.2, 0.25) is 0 Å². The Morgan fingerprint density at radius 1 is 1.14 bits per heavy atom. The molecule has 1 aliphatic heterocycles. The molecule has 0 atom stereocenters. The second-order valence-corrected chi connectivity index (χ2v) is 6.37. The van der Waals surface area contributed by atoms with Crippen LogP contribution in [0.2, 0.25) is 0 Å². The van der Waals surface area contributed by atoms with Gasteiger partial charge >= 0.3 is 0 Å². The number of hydrogen-bond donors (Lipinski definition) is 1. The Balaban J connectivity index is 1.99. The summed E-state index contributed by atoms with van der Waals surface area (Å²) < 4.78 is 0. The fourth-order valence-electron chi connectivity index (χ4n) is 2.65. The molecular weight excluding hydrogens is 276 g/mol. The second kappa shape index (κ2) is 7.97. The van der Waals surface area contributed by atoms with Gasteiger partial charge in [0.15, 0.2) is 0 Å². The van der Waals surface area contributed by atoms with Crippen LogP contribution >= 0.6 is 0 Å². The molecule has 0 saturated carbocycles. The minimum atomic E-state index is -0.103. The zero-order valence-electron chi connectivity index (χ0n) is 13.6. The Hall–Kier alpha value is -1.84. The Bertz CT molecular complexity index is 520. The van der Waals surface area contributed by atoms with Crippen LogP contribution < -0.4 is 5.32 Å². The highest BCUT2D eigenvalue weighted by Gasteiger charge is 2.19. The van der Waals surface area contributed by atoms with Crippen LogP contribution in [0.1, 0.15) is 60.2 Å². The number of hydrogen-bond acceptors (Lipinski definition) is 2. The minimum Gasteiger partial charge on any atom is -0.352 e. The molecule has 1 fully saturated rings. The van der Waals surface area contributed by atoms with E-state index in [0.717, 1.165) is 32.4 Å². The Labute approximate surface area is 132 Å². The molecule has 1 aliphatic rings. The maximum atomic E-state index is 12.5. The average molecular weight is 302 g/mol. The molecule has 0 spiro atoms. The lowest BCUT2D eigenvalue weighted by Gasteiger charge is -2.26. The standard InChI is InChI=1S/C18H26N2O2/c1-14(2)9-10-19-17(21)15-7-6-8-16(13-15)18(22)20-11-4-3-5-12-20/h6-8,13-14H,3-5,9-12H2,1-2H3,(H,19,21). The number of piperidine rings is 1. The van der Waals surface area contributed by atoms with Crippen molar-refractivity contribution in [3.05, 3.63) is 35.4 Å². The highest BCUT2D eigenvalue weighted by molar-refractivity contribution is 5.99. The molecule has 1 N–H and O–H groups in total. The summed E-state index contributed by atoms with van der Waals surface area (Å²) in [5, 5.41) is 2.91. The molecule has 22 heavy (non-hydrogen) atoms. The largest absolute Gasteiger partial charge is 0.352 e. The molecule has 1 saturated heterocycles. The van der Waals surface area contributed by atoms with Crippen molar-refractivity contribution in [2.24, 2.45) is 5.92 Å². The molecule has 2 rings (SSSR count). The van der Waals surface area contributed by atoms with Crippen LogP contribution in [0.5, 0.6) is 0 Å². The highest BCUT2D eigenvalue weighted by atomic mass is 16.2. The quantitative estimate of drug-likeness (QED) is 0.908. The van der Waals surface area contributed by atoms with Gasteiger partial charge in [0, 0.05) is 30.8 Å². The molecule has 0 aromatic heterocycles. The molecule has 2 amide bonds. The zero-order chi connectivity index (χ0) is 15.9. The van der Waals surface area contributed by atoms with Crippen LogP contribution in [-0.2, 0) is 0 Å². The van der Waals surface area contributed by atoms with Gasteiger partial charge < -0.3 is 10.2 Å². The third kappa shape index (κ3) is 4.58. The van der Waals surface area contributed by atoms with Crippen molar-refractivity contribution in [3.63, 3.8) is 0 Å². The van der Waals surface area contributed by atoms with E-state index in [9.17, 15) is 9.59 Å². The van der Waals surface area contributed by atoms with Crippen molar-refractivity contribution < 1.29 is 9.59 Å². The van der Waals surface area contributed by atoms with Crippen LogP contribution in [0.3, 0.4) is 0 Å². The molecular formula is C18H26N2O2. The summed E-state index contributed by atoms with van der Waals surface area (Å²) in [6.07, 6.45) is 4.29. The molecule has 4 nitrogen and oxygen atoms in total. The third-order valence-electron chi connectivity index (χ3n) is 4.02. The fraction of sp³-hybridized carbons (Fsp3) is 0.556. The van der Waals surface area contributed by atoms with Crippen molar-refractivity contribution in [2.75, 3.05) is 19.6 Å². The fourth-order valence-corrected chi connectivity index (χ4v) is 2.65. The van der Waals surface area contributed by atoms with Gasteiger partial charge in [0.25, 0.3) is 11.8 Å². The molecule has 4 heteroatoms. The Kier molecular flexibility index (Phi) is 5.99. The van der Waals surface area contributed by atoms with E-state index >= 15 is 0 Å². The van der Waals surface area contributed by atoms with E-state index in [-0.39, 0.29) is 11.8 Å². The number of amides is 2. The van der Waals surface area contributed by atoms with Gasteiger partial charge in [-0.2, -0.15) is 0 Å². The van der Waals surface area contributed by atoms with E-state index in [4.69, 9.17) is 0 Å². The van der Waals surface area contributed by atoms with E-state index in [0.29, 0.717) is 23.6 Å². The van der Waals surface area contributed by atoms with E-state index in [2.05, 4.69) is 19.2 Å². The number of nitrogens with zero attached hydrogens (tertiary/aromatic N) is 1. The summed E-state index contributed by atoms with van der Waals surface area (Å²) in [5.74, 6) is 0.498. The number of carbonyl (C=O) groups excluding carboxylic acids is 2. The third-order valence-corrected chi connectivity index (χ3v) is 4.02. The topological polar surface area (TPSA) is 49.4 Å². The number of carbonyl (C=O) groups is 2. The summed E-state index contributed by atoms with van der Waals surface area (Å²) >= 11 is 0. The van der Waals surface area contributed by atoms with Crippen LogP contribution in [0.4, 0.5) is 0 Å². The number of likely N-dealkylation sites (tertiary alicyclic amines) is 1. The summed E-state index contributed by atoms with van der Waals surface area (Å²) in [6, 6.07) is 7.05. The summed E-state index contributed by atoms with van der Waals surface area (Å²) in [6.45, 7) is 6.57. The maximum Gasteiger partial charge on any atom is 0.253 e. The van der Waals surface area contributed by atoms with Crippen LogP contribution in [-0.4, -0.2) is 36.3 Å².